The van der Waals surface area contributed by atoms with E-state index in [0.717, 1.165) is 5.69 Å². The number of hydrogen-bond donors (Lipinski definition) is 2. The van der Waals surface area contributed by atoms with Crippen LogP contribution in [0.25, 0.3) is 5.69 Å². The molecule has 0 radical (unpaired) electrons. The van der Waals surface area contributed by atoms with E-state index < -0.39 is 0 Å². The van der Waals surface area contributed by atoms with Crippen molar-refractivity contribution in [1.29, 1.82) is 0 Å². The minimum atomic E-state index is 0.259. The number of benzene rings is 1. The smallest absolute Gasteiger partial charge is 0.115 e. The first-order valence-corrected chi connectivity index (χ1v) is 3.99. The van der Waals surface area contributed by atoms with Crippen molar-refractivity contribution in [2.75, 3.05) is 5.73 Å². The Kier molecular flexibility index (Phi) is 1.70. The van der Waals surface area contributed by atoms with Crippen molar-refractivity contribution in [3.05, 3.63) is 42.6 Å². The first-order valence-electron chi connectivity index (χ1n) is 3.99. The van der Waals surface area contributed by atoms with Crippen molar-refractivity contribution in [2.45, 2.75) is 0 Å². The second-order valence-electron chi connectivity index (χ2n) is 2.82. The average molecular weight is 174 g/mol. The zero-order chi connectivity index (χ0) is 9.26. The summed E-state index contributed by atoms with van der Waals surface area (Å²) < 4.78 is 1.85. The summed E-state index contributed by atoms with van der Waals surface area (Å²) in [4.78, 5) is 0. The highest BCUT2D eigenvalue weighted by Gasteiger charge is 1.98. The molecule has 3 N–H and O–H groups in total. The van der Waals surface area contributed by atoms with Crippen LogP contribution in [0.3, 0.4) is 0 Å². The molecule has 0 aliphatic carbocycles. The van der Waals surface area contributed by atoms with E-state index in [2.05, 4.69) is 0 Å². The fourth-order valence-electron chi connectivity index (χ4n) is 1.24. The minimum absolute atomic E-state index is 0.259. The molecular weight excluding hydrogens is 164 g/mol. The molecule has 0 amide bonds. The standard InChI is InChI=1S/C10H10N2O/c11-10-2-1-7-12(10)8-3-5-9(13)6-4-8/h1-7,13H,11H2. The van der Waals surface area contributed by atoms with Crippen LogP contribution in [-0.2, 0) is 0 Å². The zero-order valence-electron chi connectivity index (χ0n) is 7.01. The van der Waals surface area contributed by atoms with Gasteiger partial charge in [-0.15, -0.1) is 0 Å². The molecule has 0 aliphatic rings. The molecule has 0 saturated carbocycles. The number of aromatic nitrogens is 1. The summed E-state index contributed by atoms with van der Waals surface area (Å²) in [7, 11) is 0. The third kappa shape index (κ3) is 1.36. The zero-order valence-corrected chi connectivity index (χ0v) is 7.01. The maximum atomic E-state index is 9.08. The van der Waals surface area contributed by atoms with Crippen LogP contribution >= 0.6 is 0 Å². The van der Waals surface area contributed by atoms with Gasteiger partial charge in [-0.1, -0.05) is 0 Å². The number of nitrogen functional groups attached to an aromatic ring is 1. The SMILES string of the molecule is Nc1cccn1-c1ccc(O)cc1. The molecule has 1 aromatic heterocycles. The average Bonchev–Trinajstić information content (AvgIpc) is 2.53. The Morgan fingerprint density at radius 3 is 2.31 bits per heavy atom. The number of aromatic hydroxyl groups is 1. The van der Waals surface area contributed by atoms with Gasteiger partial charge in [0.2, 0.25) is 0 Å². The lowest BCUT2D eigenvalue weighted by molar-refractivity contribution is 0.475. The number of nitrogens with two attached hydrogens (primary N) is 1. The molecule has 0 aliphatic heterocycles. The lowest BCUT2D eigenvalue weighted by atomic mass is 10.3. The van der Waals surface area contributed by atoms with E-state index in [1.807, 2.05) is 35.0 Å². The van der Waals surface area contributed by atoms with Gasteiger partial charge in [-0.3, -0.25) is 0 Å². The first kappa shape index (κ1) is 7.73. The molecule has 2 rings (SSSR count). The molecule has 13 heavy (non-hydrogen) atoms. The lowest BCUT2D eigenvalue weighted by Crippen LogP contribution is -1.97. The van der Waals surface area contributed by atoms with Crippen LogP contribution in [0.1, 0.15) is 0 Å². The molecule has 66 valence electrons. The molecule has 0 saturated heterocycles. The van der Waals surface area contributed by atoms with Gasteiger partial charge in [0.05, 0.1) is 0 Å². The number of nitrogens with zero attached hydrogens (tertiary/aromatic N) is 1. The summed E-state index contributed by atoms with van der Waals surface area (Å²) in [6.07, 6.45) is 1.88. The van der Waals surface area contributed by atoms with E-state index in [-0.39, 0.29) is 5.75 Å². The van der Waals surface area contributed by atoms with Crippen molar-refractivity contribution in [3.63, 3.8) is 0 Å². The van der Waals surface area contributed by atoms with Crippen LogP contribution < -0.4 is 5.73 Å². The lowest BCUT2D eigenvalue weighted by Gasteiger charge is -2.04. The Morgan fingerprint density at radius 2 is 1.77 bits per heavy atom. The largest absolute Gasteiger partial charge is 0.508 e. The summed E-state index contributed by atoms with van der Waals surface area (Å²) in [5, 5.41) is 9.08. The van der Waals surface area contributed by atoms with E-state index in [1.165, 1.54) is 0 Å². The van der Waals surface area contributed by atoms with Crippen molar-refractivity contribution in [2.24, 2.45) is 0 Å². The van der Waals surface area contributed by atoms with E-state index in [9.17, 15) is 0 Å². The van der Waals surface area contributed by atoms with Crippen LogP contribution in [0.2, 0.25) is 0 Å². The van der Waals surface area contributed by atoms with Crippen LogP contribution in [0.5, 0.6) is 5.75 Å². The Balaban J connectivity index is 2.47. The van der Waals surface area contributed by atoms with Gasteiger partial charge in [-0.05, 0) is 36.4 Å². The number of hydrogen-bond acceptors (Lipinski definition) is 2. The molecule has 0 atom stereocenters. The summed E-state index contributed by atoms with van der Waals surface area (Å²) >= 11 is 0. The van der Waals surface area contributed by atoms with Gasteiger partial charge >= 0.3 is 0 Å². The fraction of sp³-hybridized carbons (Fsp3) is 0. The van der Waals surface area contributed by atoms with Crippen LogP contribution in [0, 0.1) is 0 Å². The Labute approximate surface area is 76.0 Å². The molecule has 0 fully saturated rings. The van der Waals surface area contributed by atoms with Gasteiger partial charge in [-0.2, -0.15) is 0 Å². The Morgan fingerprint density at radius 1 is 1.08 bits per heavy atom. The maximum Gasteiger partial charge on any atom is 0.115 e. The molecule has 2 aromatic rings. The molecular formula is C10H10N2O. The monoisotopic (exact) mass is 174 g/mol. The van der Waals surface area contributed by atoms with E-state index in [4.69, 9.17) is 10.8 Å². The van der Waals surface area contributed by atoms with Crippen molar-refractivity contribution < 1.29 is 5.11 Å². The predicted octanol–water partition coefficient (Wildman–Crippen LogP) is 1.77. The summed E-state index contributed by atoms with van der Waals surface area (Å²) in [5.74, 6) is 0.945. The van der Waals surface area contributed by atoms with Crippen LogP contribution in [-0.4, -0.2) is 9.67 Å². The van der Waals surface area contributed by atoms with Gasteiger partial charge in [0.15, 0.2) is 0 Å². The minimum Gasteiger partial charge on any atom is -0.508 e. The van der Waals surface area contributed by atoms with Gasteiger partial charge < -0.3 is 15.4 Å². The van der Waals surface area contributed by atoms with E-state index in [0.29, 0.717) is 5.82 Å². The molecule has 0 spiro atoms. The van der Waals surface area contributed by atoms with E-state index >= 15 is 0 Å². The molecule has 1 heterocycles. The normalized spacial score (nSPS) is 10.2. The Bertz CT molecular complexity index is 403. The van der Waals surface area contributed by atoms with Gasteiger partial charge in [0, 0.05) is 11.9 Å². The van der Waals surface area contributed by atoms with Gasteiger partial charge in [0.25, 0.3) is 0 Å². The maximum absolute atomic E-state index is 9.08. The summed E-state index contributed by atoms with van der Waals surface area (Å²) in [6.45, 7) is 0. The molecule has 0 unspecified atom stereocenters. The number of phenols is 1. The number of rotatable bonds is 1. The molecule has 1 aromatic carbocycles. The van der Waals surface area contributed by atoms with Crippen molar-refractivity contribution in [3.8, 4) is 11.4 Å². The molecule has 0 bridgehead atoms. The van der Waals surface area contributed by atoms with Crippen molar-refractivity contribution in [1.82, 2.24) is 4.57 Å². The second kappa shape index (κ2) is 2.86. The summed E-state index contributed by atoms with van der Waals surface area (Å²) in [5.41, 5.74) is 6.66. The fourth-order valence-corrected chi connectivity index (χ4v) is 1.24. The van der Waals surface area contributed by atoms with Crippen LogP contribution in [0.15, 0.2) is 42.6 Å². The predicted molar refractivity (Wildman–Crippen MR) is 51.8 cm³/mol. The number of anilines is 1. The van der Waals surface area contributed by atoms with Crippen LogP contribution in [0.4, 0.5) is 5.82 Å². The van der Waals surface area contributed by atoms with Crippen molar-refractivity contribution >= 4 is 5.82 Å². The highest BCUT2D eigenvalue weighted by Crippen LogP contribution is 2.16. The topological polar surface area (TPSA) is 51.2 Å². The second-order valence-corrected chi connectivity index (χ2v) is 2.82. The van der Waals surface area contributed by atoms with Gasteiger partial charge in [-0.25, -0.2) is 0 Å². The highest BCUT2D eigenvalue weighted by molar-refractivity contribution is 5.45. The van der Waals surface area contributed by atoms with E-state index in [1.54, 1.807) is 12.1 Å². The highest BCUT2D eigenvalue weighted by atomic mass is 16.3. The molecule has 3 nitrogen and oxygen atoms in total. The first-order chi connectivity index (χ1) is 6.27. The number of phenolic OH excluding ortho intramolecular Hbond substituents is 1. The van der Waals surface area contributed by atoms with Gasteiger partial charge in [0.1, 0.15) is 11.6 Å². The summed E-state index contributed by atoms with van der Waals surface area (Å²) in [6, 6.07) is 10.6. The third-order valence-corrected chi connectivity index (χ3v) is 1.91. The molecule has 3 heteroatoms. The Hall–Kier alpha value is -1.90. The quantitative estimate of drug-likeness (QED) is 0.692. The third-order valence-electron chi connectivity index (χ3n) is 1.91.